The fourth-order valence-electron chi connectivity index (χ4n) is 1.98. The van der Waals surface area contributed by atoms with Crippen LogP contribution >= 0.6 is 11.6 Å². The van der Waals surface area contributed by atoms with Gasteiger partial charge in [0.1, 0.15) is 5.82 Å². The standard InChI is InChI=1S/C12H17ClFN3O2S/c13-10-1-2-11(14)12(9-10)16-20(18,19)8-7-17-5-3-15-4-6-17/h1-2,9,15-16H,3-8H2. The van der Waals surface area contributed by atoms with Gasteiger partial charge in [-0.05, 0) is 18.2 Å². The minimum Gasteiger partial charge on any atom is -0.314 e. The average Bonchev–Trinajstić information content (AvgIpc) is 2.42. The van der Waals surface area contributed by atoms with Crippen LogP contribution in [0.3, 0.4) is 0 Å². The molecule has 0 unspecified atom stereocenters. The van der Waals surface area contributed by atoms with Crippen LogP contribution in [-0.4, -0.2) is 51.8 Å². The van der Waals surface area contributed by atoms with E-state index in [0.29, 0.717) is 6.54 Å². The Kier molecular flexibility index (Phi) is 5.20. The molecule has 0 saturated carbocycles. The molecule has 2 rings (SSSR count). The Labute approximate surface area is 123 Å². The number of benzene rings is 1. The normalized spacial score (nSPS) is 17.1. The minimum atomic E-state index is -3.58. The molecule has 1 fully saturated rings. The summed E-state index contributed by atoms with van der Waals surface area (Å²) >= 11 is 5.73. The van der Waals surface area contributed by atoms with Crippen LogP contribution in [0.1, 0.15) is 0 Å². The fourth-order valence-corrected chi connectivity index (χ4v) is 3.24. The van der Waals surface area contributed by atoms with Crippen LogP contribution in [0.4, 0.5) is 10.1 Å². The molecule has 8 heteroatoms. The highest BCUT2D eigenvalue weighted by atomic mass is 35.5. The lowest BCUT2D eigenvalue weighted by molar-refractivity contribution is 0.254. The van der Waals surface area contributed by atoms with Crippen LogP contribution in [0.15, 0.2) is 18.2 Å². The third kappa shape index (κ3) is 4.59. The van der Waals surface area contributed by atoms with Gasteiger partial charge in [0.05, 0.1) is 11.4 Å². The summed E-state index contributed by atoms with van der Waals surface area (Å²) in [5, 5.41) is 3.48. The number of halogens is 2. The van der Waals surface area contributed by atoms with Gasteiger partial charge in [-0.25, -0.2) is 12.8 Å². The third-order valence-electron chi connectivity index (χ3n) is 3.08. The van der Waals surface area contributed by atoms with Crippen LogP contribution < -0.4 is 10.0 Å². The smallest absolute Gasteiger partial charge is 0.234 e. The first-order chi connectivity index (χ1) is 9.46. The number of nitrogens with zero attached hydrogens (tertiary/aromatic N) is 1. The molecule has 1 saturated heterocycles. The predicted molar refractivity (Wildman–Crippen MR) is 78.1 cm³/mol. The highest BCUT2D eigenvalue weighted by molar-refractivity contribution is 7.92. The zero-order valence-electron chi connectivity index (χ0n) is 10.9. The average molecular weight is 322 g/mol. The summed E-state index contributed by atoms with van der Waals surface area (Å²) in [6, 6.07) is 3.77. The van der Waals surface area contributed by atoms with Gasteiger partial charge < -0.3 is 5.32 Å². The molecular weight excluding hydrogens is 305 g/mol. The quantitative estimate of drug-likeness (QED) is 0.853. The molecule has 1 aliphatic heterocycles. The molecule has 20 heavy (non-hydrogen) atoms. The lowest BCUT2D eigenvalue weighted by Crippen LogP contribution is -2.45. The van der Waals surface area contributed by atoms with Gasteiger partial charge >= 0.3 is 0 Å². The number of hydrogen-bond acceptors (Lipinski definition) is 4. The number of piperazine rings is 1. The number of sulfonamides is 1. The second-order valence-electron chi connectivity index (χ2n) is 4.64. The molecule has 0 spiro atoms. The van der Waals surface area contributed by atoms with Crippen LogP contribution in [-0.2, 0) is 10.0 Å². The summed E-state index contributed by atoms with van der Waals surface area (Å²) in [6.45, 7) is 3.79. The lowest BCUT2D eigenvalue weighted by Gasteiger charge is -2.26. The lowest BCUT2D eigenvalue weighted by atomic mass is 10.3. The van der Waals surface area contributed by atoms with Crippen molar-refractivity contribution in [2.75, 3.05) is 43.2 Å². The zero-order valence-corrected chi connectivity index (χ0v) is 12.5. The zero-order chi connectivity index (χ0) is 14.6. The molecule has 0 aromatic heterocycles. The third-order valence-corrected chi connectivity index (χ3v) is 4.57. The molecule has 1 aromatic rings. The summed E-state index contributed by atoms with van der Waals surface area (Å²) in [5.74, 6) is -0.709. The van der Waals surface area contributed by atoms with Gasteiger partial charge in [0.25, 0.3) is 0 Å². The molecule has 1 aromatic carbocycles. The van der Waals surface area contributed by atoms with Gasteiger partial charge in [0, 0.05) is 37.7 Å². The van der Waals surface area contributed by atoms with E-state index in [1.54, 1.807) is 0 Å². The first kappa shape index (κ1) is 15.5. The van der Waals surface area contributed by atoms with Gasteiger partial charge in [-0.3, -0.25) is 9.62 Å². The van der Waals surface area contributed by atoms with Crippen molar-refractivity contribution in [3.05, 3.63) is 29.0 Å². The maximum absolute atomic E-state index is 13.5. The molecule has 5 nitrogen and oxygen atoms in total. The molecule has 2 N–H and O–H groups in total. The molecule has 1 heterocycles. The molecule has 0 aliphatic carbocycles. The summed E-state index contributed by atoms with van der Waals surface area (Å²) in [6.07, 6.45) is 0. The summed E-state index contributed by atoms with van der Waals surface area (Å²) in [5.41, 5.74) is -0.113. The van der Waals surface area contributed by atoms with Crippen molar-refractivity contribution < 1.29 is 12.8 Å². The summed E-state index contributed by atoms with van der Waals surface area (Å²) in [7, 11) is -3.58. The van der Waals surface area contributed by atoms with Crippen molar-refractivity contribution in [2.24, 2.45) is 0 Å². The van der Waals surface area contributed by atoms with E-state index in [1.807, 2.05) is 0 Å². The number of nitrogens with one attached hydrogen (secondary N) is 2. The van der Waals surface area contributed by atoms with E-state index >= 15 is 0 Å². The maximum atomic E-state index is 13.5. The van der Waals surface area contributed by atoms with E-state index in [0.717, 1.165) is 32.2 Å². The second-order valence-corrected chi connectivity index (χ2v) is 6.92. The van der Waals surface area contributed by atoms with Crippen LogP contribution in [0, 0.1) is 5.82 Å². The topological polar surface area (TPSA) is 61.4 Å². The van der Waals surface area contributed by atoms with E-state index in [2.05, 4.69) is 14.9 Å². The van der Waals surface area contributed by atoms with Gasteiger partial charge in [0.15, 0.2) is 0 Å². The van der Waals surface area contributed by atoms with Crippen molar-refractivity contribution in [2.45, 2.75) is 0 Å². The molecule has 1 aliphatic rings. The van der Waals surface area contributed by atoms with E-state index in [4.69, 9.17) is 11.6 Å². The molecule has 0 radical (unpaired) electrons. The molecular formula is C12H17ClFN3O2S. The highest BCUT2D eigenvalue weighted by Crippen LogP contribution is 2.20. The monoisotopic (exact) mass is 321 g/mol. The Balaban J connectivity index is 1.94. The Morgan fingerprint density at radius 3 is 2.75 bits per heavy atom. The van der Waals surface area contributed by atoms with Gasteiger partial charge in [0.2, 0.25) is 10.0 Å². The number of rotatable bonds is 5. The maximum Gasteiger partial charge on any atom is 0.234 e. The van der Waals surface area contributed by atoms with Crippen molar-refractivity contribution in [1.29, 1.82) is 0 Å². The largest absolute Gasteiger partial charge is 0.314 e. The van der Waals surface area contributed by atoms with E-state index in [1.165, 1.54) is 12.1 Å². The first-order valence-corrected chi connectivity index (χ1v) is 8.38. The molecule has 0 atom stereocenters. The number of anilines is 1. The Bertz CT molecular complexity index is 562. The predicted octanol–water partition coefficient (Wildman–Crippen LogP) is 1.13. The van der Waals surface area contributed by atoms with Crippen molar-refractivity contribution in [3.63, 3.8) is 0 Å². The van der Waals surface area contributed by atoms with Crippen LogP contribution in [0.5, 0.6) is 0 Å². The number of hydrogen-bond donors (Lipinski definition) is 2. The summed E-state index contributed by atoms with van der Waals surface area (Å²) in [4.78, 5) is 2.06. The molecule has 112 valence electrons. The van der Waals surface area contributed by atoms with Crippen molar-refractivity contribution >= 4 is 27.3 Å². The van der Waals surface area contributed by atoms with Crippen LogP contribution in [0.25, 0.3) is 0 Å². The minimum absolute atomic E-state index is 0.0705. The fraction of sp³-hybridized carbons (Fsp3) is 0.500. The first-order valence-electron chi connectivity index (χ1n) is 6.35. The molecule has 0 amide bonds. The van der Waals surface area contributed by atoms with Crippen molar-refractivity contribution in [1.82, 2.24) is 10.2 Å². The Morgan fingerprint density at radius 2 is 2.05 bits per heavy atom. The SMILES string of the molecule is O=S(=O)(CCN1CCNCC1)Nc1cc(Cl)ccc1F. The van der Waals surface area contributed by atoms with E-state index in [9.17, 15) is 12.8 Å². The van der Waals surface area contributed by atoms with Gasteiger partial charge in [-0.15, -0.1) is 0 Å². The van der Waals surface area contributed by atoms with E-state index in [-0.39, 0.29) is 16.5 Å². The van der Waals surface area contributed by atoms with Crippen molar-refractivity contribution in [3.8, 4) is 0 Å². The Hall–Kier alpha value is -0.890. The molecule has 0 bridgehead atoms. The van der Waals surface area contributed by atoms with Crippen LogP contribution in [0.2, 0.25) is 5.02 Å². The highest BCUT2D eigenvalue weighted by Gasteiger charge is 2.17. The summed E-state index contributed by atoms with van der Waals surface area (Å²) < 4.78 is 39.6. The van der Waals surface area contributed by atoms with E-state index < -0.39 is 15.8 Å². The van der Waals surface area contributed by atoms with Gasteiger partial charge in [-0.2, -0.15) is 0 Å². The Morgan fingerprint density at radius 1 is 1.35 bits per heavy atom. The van der Waals surface area contributed by atoms with Gasteiger partial charge in [-0.1, -0.05) is 11.6 Å². The second kappa shape index (κ2) is 6.71.